The Hall–Kier alpha value is -1.63. The van der Waals surface area contributed by atoms with Crippen molar-refractivity contribution < 1.29 is 23.9 Å². The summed E-state index contributed by atoms with van der Waals surface area (Å²) in [6.45, 7) is 5.67. The highest BCUT2D eigenvalue weighted by Gasteiger charge is 2.45. The number of rotatable bonds is 6. The molecule has 0 aromatic carbocycles. The van der Waals surface area contributed by atoms with Crippen molar-refractivity contribution in [2.45, 2.75) is 57.7 Å². The Labute approximate surface area is 136 Å². The van der Waals surface area contributed by atoms with Crippen molar-refractivity contribution in [3.05, 3.63) is 0 Å². The average Bonchev–Trinajstić information content (AvgIpc) is 2.98. The van der Waals surface area contributed by atoms with Crippen molar-refractivity contribution in [3.8, 4) is 0 Å². The largest absolute Gasteiger partial charge is 0.464 e. The van der Waals surface area contributed by atoms with E-state index in [4.69, 9.17) is 9.57 Å². The maximum atomic E-state index is 12.4. The topological polar surface area (TPSA) is 77.4 Å². The van der Waals surface area contributed by atoms with Gasteiger partial charge in [-0.25, -0.2) is 4.79 Å². The molecule has 0 aromatic rings. The SMILES string of the molecule is CCCCO[C@H](C)C(=O)N1CCC2(CC1)CC(C(=O)OC)=NO2. The van der Waals surface area contributed by atoms with E-state index in [9.17, 15) is 9.59 Å². The number of piperidine rings is 1. The van der Waals surface area contributed by atoms with E-state index < -0.39 is 17.7 Å². The smallest absolute Gasteiger partial charge is 0.355 e. The van der Waals surface area contributed by atoms with Crippen LogP contribution in [-0.2, 0) is 23.9 Å². The molecule has 7 nitrogen and oxygen atoms in total. The van der Waals surface area contributed by atoms with Gasteiger partial charge in [0.2, 0.25) is 0 Å². The predicted molar refractivity (Wildman–Crippen MR) is 84.0 cm³/mol. The fourth-order valence-electron chi connectivity index (χ4n) is 2.88. The summed E-state index contributed by atoms with van der Waals surface area (Å²) in [5, 5.41) is 3.85. The van der Waals surface area contributed by atoms with Crippen molar-refractivity contribution >= 4 is 17.6 Å². The fraction of sp³-hybridized carbons (Fsp3) is 0.812. The molecular formula is C16H26N2O5. The average molecular weight is 326 g/mol. The second-order valence-corrected chi connectivity index (χ2v) is 6.17. The number of esters is 1. The molecule has 0 radical (unpaired) electrons. The zero-order valence-electron chi connectivity index (χ0n) is 14.2. The Kier molecular flexibility index (Phi) is 5.98. The molecule has 0 aromatic heterocycles. The molecule has 2 rings (SSSR count). The highest BCUT2D eigenvalue weighted by Crippen LogP contribution is 2.35. The summed E-state index contributed by atoms with van der Waals surface area (Å²) < 4.78 is 10.2. The van der Waals surface area contributed by atoms with Gasteiger partial charge in [0.15, 0.2) is 5.71 Å². The van der Waals surface area contributed by atoms with E-state index in [0.29, 0.717) is 44.7 Å². The summed E-state index contributed by atoms with van der Waals surface area (Å²) in [4.78, 5) is 31.2. The number of oxime groups is 1. The lowest BCUT2D eigenvalue weighted by Gasteiger charge is -2.38. The van der Waals surface area contributed by atoms with Gasteiger partial charge in [0.1, 0.15) is 11.7 Å². The van der Waals surface area contributed by atoms with Crippen molar-refractivity contribution in [1.29, 1.82) is 0 Å². The van der Waals surface area contributed by atoms with Gasteiger partial charge in [0, 0.05) is 39.0 Å². The normalized spacial score (nSPS) is 20.8. The molecule has 23 heavy (non-hydrogen) atoms. The summed E-state index contributed by atoms with van der Waals surface area (Å²) in [6.07, 6.45) is 3.36. The molecular weight excluding hydrogens is 300 g/mol. The van der Waals surface area contributed by atoms with E-state index in [2.05, 4.69) is 16.8 Å². The Bertz CT molecular complexity index is 469. The van der Waals surface area contributed by atoms with Gasteiger partial charge < -0.3 is 19.2 Å². The Morgan fingerprint density at radius 1 is 1.39 bits per heavy atom. The molecule has 0 unspecified atom stereocenters. The monoisotopic (exact) mass is 326 g/mol. The highest BCUT2D eigenvalue weighted by molar-refractivity contribution is 6.36. The molecule has 1 atom stereocenters. The standard InChI is InChI=1S/C16H26N2O5/c1-4-5-10-22-12(2)14(19)18-8-6-16(7-9-18)11-13(17-23-16)15(20)21-3/h12H,4-11H2,1-3H3/t12-/m1/s1. The molecule has 1 saturated heterocycles. The first-order valence-corrected chi connectivity index (χ1v) is 8.25. The van der Waals surface area contributed by atoms with Crippen molar-refractivity contribution in [3.63, 3.8) is 0 Å². The van der Waals surface area contributed by atoms with Crippen molar-refractivity contribution in [2.75, 3.05) is 26.8 Å². The maximum Gasteiger partial charge on any atom is 0.355 e. The molecule has 1 amide bonds. The molecule has 1 fully saturated rings. The molecule has 7 heteroatoms. The molecule has 0 bridgehead atoms. The number of unbranched alkanes of at least 4 members (excludes halogenated alkanes) is 1. The van der Waals surface area contributed by atoms with Crippen LogP contribution in [0.2, 0.25) is 0 Å². The van der Waals surface area contributed by atoms with Gasteiger partial charge in [0.05, 0.1) is 7.11 Å². The van der Waals surface area contributed by atoms with Crippen LogP contribution in [0.15, 0.2) is 5.16 Å². The third-order valence-corrected chi connectivity index (χ3v) is 4.46. The molecule has 0 N–H and O–H groups in total. The van der Waals surface area contributed by atoms with Gasteiger partial charge >= 0.3 is 5.97 Å². The zero-order chi connectivity index (χ0) is 16.9. The number of nitrogens with zero attached hydrogens (tertiary/aromatic N) is 2. The molecule has 2 aliphatic rings. The molecule has 1 spiro atoms. The molecule has 2 heterocycles. The van der Waals surface area contributed by atoms with Crippen LogP contribution in [0.4, 0.5) is 0 Å². The first kappa shape index (κ1) is 17.7. The van der Waals surface area contributed by atoms with E-state index in [1.807, 2.05) is 0 Å². The number of likely N-dealkylation sites (tertiary alicyclic amines) is 1. The summed E-state index contributed by atoms with van der Waals surface area (Å²) in [7, 11) is 1.33. The number of carbonyl (C=O) groups excluding carboxylic acids is 2. The molecule has 2 aliphatic heterocycles. The highest BCUT2D eigenvalue weighted by atomic mass is 16.7. The lowest BCUT2D eigenvalue weighted by molar-refractivity contribution is -0.148. The second-order valence-electron chi connectivity index (χ2n) is 6.17. The molecule has 0 saturated carbocycles. The number of hydrogen-bond acceptors (Lipinski definition) is 6. The van der Waals surface area contributed by atoms with E-state index in [0.717, 1.165) is 12.8 Å². The van der Waals surface area contributed by atoms with Gasteiger partial charge in [-0.2, -0.15) is 0 Å². The number of amides is 1. The summed E-state index contributed by atoms with van der Waals surface area (Å²) in [5.74, 6) is -0.429. The van der Waals surface area contributed by atoms with Gasteiger partial charge in [-0.05, 0) is 13.3 Å². The van der Waals surface area contributed by atoms with Crippen LogP contribution in [0.1, 0.15) is 46.0 Å². The van der Waals surface area contributed by atoms with Crippen LogP contribution < -0.4 is 0 Å². The summed E-state index contributed by atoms with van der Waals surface area (Å²) in [6, 6.07) is 0. The number of hydrogen-bond donors (Lipinski definition) is 0. The van der Waals surface area contributed by atoms with Crippen LogP contribution in [-0.4, -0.2) is 61.0 Å². The lowest BCUT2D eigenvalue weighted by Crippen LogP contribution is -2.49. The first-order chi connectivity index (χ1) is 11.0. The third-order valence-electron chi connectivity index (χ3n) is 4.46. The number of methoxy groups -OCH3 is 1. The number of carbonyl (C=O) groups is 2. The minimum atomic E-state index is -0.466. The first-order valence-electron chi connectivity index (χ1n) is 8.25. The maximum absolute atomic E-state index is 12.4. The number of ether oxygens (including phenoxy) is 2. The minimum Gasteiger partial charge on any atom is -0.464 e. The van der Waals surface area contributed by atoms with Gasteiger partial charge in [-0.3, -0.25) is 4.79 Å². The van der Waals surface area contributed by atoms with Gasteiger partial charge in [-0.15, -0.1) is 0 Å². The predicted octanol–water partition coefficient (Wildman–Crippen LogP) is 1.50. The van der Waals surface area contributed by atoms with E-state index in [-0.39, 0.29) is 5.91 Å². The van der Waals surface area contributed by atoms with Crippen LogP contribution in [0.3, 0.4) is 0 Å². The quantitative estimate of drug-likeness (QED) is 0.546. The zero-order valence-corrected chi connectivity index (χ0v) is 14.2. The van der Waals surface area contributed by atoms with E-state index in [1.54, 1.807) is 11.8 Å². The van der Waals surface area contributed by atoms with Crippen molar-refractivity contribution in [1.82, 2.24) is 4.90 Å². The second kappa shape index (κ2) is 7.77. The van der Waals surface area contributed by atoms with Crippen LogP contribution in [0.25, 0.3) is 0 Å². The Balaban J connectivity index is 1.80. The van der Waals surface area contributed by atoms with Crippen LogP contribution in [0, 0.1) is 0 Å². The van der Waals surface area contributed by atoms with E-state index in [1.165, 1.54) is 7.11 Å². The summed E-state index contributed by atoms with van der Waals surface area (Å²) >= 11 is 0. The molecule has 0 aliphatic carbocycles. The molecule has 130 valence electrons. The van der Waals surface area contributed by atoms with Crippen molar-refractivity contribution in [2.24, 2.45) is 5.16 Å². The Morgan fingerprint density at radius 3 is 2.70 bits per heavy atom. The van der Waals surface area contributed by atoms with Crippen LogP contribution in [0.5, 0.6) is 0 Å². The minimum absolute atomic E-state index is 0.0167. The Morgan fingerprint density at radius 2 is 2.09 bits per heavy atom. The summed E-state index contributed by atoms with van der Waals surface area (Å²) in [5.41, 5.74) is -0.143. The lowest BCUT2D eigenvalue weighted by atomic mass is 9.86. The van der Waals surface area contributed by atoms with Gasteiger partial charge in [0.25, 0.3) is 5.91 Å². The third kappa shape index (κ3) is 4.22. The van der Waals surface area contributed by atoms with Gasteiger partial charge in [-0.1, -0.05) is 18.5 Å². The van der Waals surface area contributed by atoms with Crippen LogP contribution >= 0.6 is 0 Å². The van der Waals surface area contributed by atoms with E-state index >= 15 is 0 Å². The fourth-order valence-corrected chi connectivity index (χ4v) is 2.88.